The van der Waals surface area contributed by atoms with Crippen molar-refractivity contribution in [3.8, 4) is 0 Å². The summed E-state index contributed by atoms with van der Waals surface area (Å²) in [6.45, 7) is 4.21. The van der Waals surface area contributed by atoms with Gasteiger partial charge in [0.2, 0.25) is 5.60 Å². The van der Waals surface area contributed by atoms with Crippen LogP contribution in [0.5, 0.6) is 0 Å². The third-order valence-corrected chi connectivity index (χ3v) is 1.64. The van der Waals surface area contributed by atoms with E-state index in [9.17, 15) is 14.7 Å². The highest BCUT2D eigenvalue weighted by atomic mass is 32.1. The van der Waals surface area contributed by atoms with Crippen LogP contribution in [0.1, 0.15) is 27.2 Å². The molecular formula is C8H14O4S. The van der Waals surface area contributed by atoms with Crippen molar-refractivity contribution in [2.24, 2.45) is 0 Å². The number of rotatable bonds is 4. The first-order valence-electron chi connectivity index (χ1n) is 3.97. The zero-order chi connectivity index (χ0) is 10.6. The predicted octanol–water partition coefficient (Wildman–Crippen LogP) is 0.535. The molecule has 0 radical (unpaired) electrons. The van der Waals surface area contributed by atoms with E-state index in [0.717, 1.165) is 6.92 Å². The van der Waals surface area contributed by atoms with Gasteiger partial charge in [-0.1, -0.05) is 6.92 Å². The second-order valence-corrected chi connectivity index (χ2v) is 3.58. The Morgan fingerprint density at radius 1 is 1.62 bits per heavy atom. The van der Waals surface area contributed by atoms with E-state index in [2.05, 4.69) is 17.4 Å². The van der Waals surface area contributed by atoms with Crippen molar-refractivity contribution in [2.45, 2.75) is 38.2 Å². The molecule has 0 heterocycles. The van der Waals surface area contributed by atoms with E-state index in [1.165, 1.54) is 6.92 Å². The van der Waals surface area contributed by atoms with E-state index >= 15 is 0 Å². The van der Waals surface area contributed by atoms with E-state index in [1.807, 2.05) is 0 Å². The number of Topliss-reactive ketones (excluding diaryl/α,β-unsaturated/α-hetero) is 1. The van der Waals surface area contributed by atoms with E-state index in [0.29, 0.717) is 0 Å². The smallest absolute Gasteiger partial charge is 0.346 e. The molecule has 0 aliphatic rings. The summed E-state index contributed by atoms with van der Waals surface area (Å²) in [6, 6.07) is 0. The lowest BCUT2D eigenvalue weighted by Crippen LogP contribution is -2.45. The lowest BCUT2D eigenvalue weighted by atomic mass is 9.99. The summed E-state index contributed by atoms with van der Waals surface area (Å²) in [5, 5.41) is 9.44. The Hall–Kier alpha value is -0.550. The number of hydrogen-bond acceptors (Lipinski definition) is 5. The summed E-state index contributed by atoms with van der Waals surface area (Å²) >= 11 is 3.80. The standard InChI is InChI=1S/C8H14O4S/c1-4-6(9)8(3,11)7(10)12-5(2)13/h5,11,13H,4H2,1-3H3. The molecule has 1 N–H and O–H groups in total. The number of ketones is 1. The average Bonchev–Trinajstić information content (AvgIpc) is 2.01. The molecule has 0 fully saturated rings. The van der Waals surface area contributed by atoms with Crippen molar-refractivity contribution in [1.29, 1.82) is 0 Å². The maximum absolute atomic E-state index is 11.1. The molecule has 2 unspecified atom stereocenters. The fourth-order valence-electron chi connectivity index (χ4n) is 0.728. The molecule has 0 saturated carbocycles. The molecule has 0 aliphatic heterocycles. The number of ether oxygens (including phenoxy) is 1. The van der Waals surface area contributed by atoms with Gasteiger partial charge >= 0.3 is 5.97 Å². The Bertz CT molecular complexity index is 210. The van der Waals surface area contributed by atoms with Crippen LogP contribution in [0, 0.1) is 0 Å². The molecule has 4 nitrogen and oxygen atoms in total. The fraction of sp³-hybridized carbons (Fsp3) is 0.750. The van der Waals surface area contributed by atoms with Gasteiger partial charge < -0.3 is 9.84 Å². The largest absolute Gasteiger partial charge is 0.449 e. The van der Waals surface area contributed by atoms with Crippen LogP contribution in [0.2, 0.25) is 0 Å². The monoisotopic (exact) mass is 206 g/mol. The van der Waals surface area contributed by atoms with Crippen molar-refractivity contribution in [2.75, 3.05) is 0 Å². The molecule has 0 aliphatic carbocycles. The van der Waals surface area contributed by atoms with E-state index in [1.54, 1.807) is 6.92 Å². The molecule has 0 amide bonds. The highest BCUT2D eigenvalue weighted by Gasteiger charge is 2.39. The number of carbonyl (C=O) groups is 2. The third-order valence-electron chi connectivity index (χ3n) is 1.54. The second-order valence-electron chi connectivity index (χ2n) is 2.85. The van der Waals surface area contributed by atoms with E-state index in [-0.39, 0.29) is 6.42 Å². The highest BCUT2D eigenvalue weighted by molar-refractivity contribution is 7.80. The second kappa shape index (κ2) is 4.62. The third kappa shape index (κ3) is 3.36. The van der Waals surface area contributed by atoms with Crippen LogP contribution in [0.25, 0.3) is 0 Å². The summed E-state index contributed by atoms with van der Waals surface area (Å²) < 4.78 is 4.59. The van der Waals surface area contributed by atoms with Gasteiger partial charge in [0.25, 0.3) is 0 Å². The molecular weight excluding hydrogens is 192 g/mol. The first kappa shape index (κ1) is 12.4. The number of aliphatic hydroxyl groups is 1. The SMILES string of the molecule is CCC(=O)C(C)(O)C(=O)OC(C)S. The molecule has 0 aromatic rings. The summed E-state index contributed by atoms with van der Waals surface area (Å²) in [6.07, 6.45) is 0.0864. The number of carbonyl (C=O) groups excluding carboxylic acids is 2. The van der Waals surface area contributed by atoms with Gasteiger partial charge in [-0.25, -0.2) is 4.79 Å². The van der Waals surface area contributed by atoms with E-state index in [4.69, 9.17) is 0 Å². The van der Waals surface area contributed by atoms with Crippen molar-refractivity contribution in [3.63, 3.8) is 0 Å². The molecule has 2 atom stereocenters. The molecule has 0 aromatic heterocycles. The van der Waals surface area contributed by atoms with Crippen LogP contribution in [-0.4, -0.2) is 27.9 Å². The van der Waals surface area contributed by atoms with Crippen LogP contribution in [-0.2, 0) is 14.3 Å². The van der Waals surface area contributed by atoms with Crippen molar-refractivity contribution in [1.82, 2.24) is 0 Å². The minimum absolute atomic E-state index is 0.0864. The molecule has 0 rings (SSSR count). The zero-order valence-electron chi connectivity index (χ0n) is 7.90. The van der Waals surface area contributed by atoms with Crippen LogP contribution in [0.15, 0.2) is 0 Å². The van der Waals surface area contributed by atoms with Crippen LogP contribution < -0.4 is 0 Å². The predicted molar refractivity (Wildman–Crippen MR) is 50.5 cm³/mol. The quantitative estimate of drug-likeness (QED) is 0.305. The number of thiol groups is 1. The van der Waals surface area contributed by atoms with Crippen molar-refractivity contribution >= 4 is 24.4 Å². The Labute approximate surface area is 82.7 Å². The van der Waals surface area contributed by atoms with Gasteiger partial charge in [0.15, 0.2) is 5.78 Å². The molecule has 0 spiro atoms. The van der Waals surface area contributed by atoms with Crippen LogP contribution >= 0.6 is 12.6 Å². The fourth-order valence-corrected chi connectivity index (χ4v) is 0.823. The zero-order valence-corrected chi connectivity index (χ0v) is 8.80. The molecule has 0 bridgehead atoms. The molecule has 5 heteroatoms. The molecule has 0 aromatic carbocycles. The Morgan fingerprint density at radius 3 is 2.38 bits per heavy atom. The van der Waals surface area contributed by atoms with Crippen LogP contribution in [0.4, 0.5) is 0 Å². The molecule has 76 valence electrons. The Kier molecular flexibility index (Phi) is 4.43. The normalized spacial score (nSPS) is 17.3. The number of hydrogen-bond donors (Lipinski definition) is 2. The van der Waals surface area contributed by atoms with Gasteiger partial charge in [-0.15, -0.1) is 12.6 Å². The van der Waals surface area contributed by atoms with Gasteiger partial charge in [-0.2, -0.15) is 0 Å². The Morgan fingerprint density at radius 2 is 2.08 bits per heavy atom. The van der Waals surface area contributed by atoms with Gasteiger partial charge in [0, 0.05) is 6.42 Å². The van der Waals surface area contributed by atoms with Gasteiger partial charge in [-0.3, -0.25) is 4.79 Å². The number of esters is 1. The van der Waals surface area contributed by atoms with Crippen LogP contribution in [0.3, 0.4) is 0 Å². The first-order valence-corrected chi connectivity index (χ1v) is 4.48. The van der Waals surface area contributed by atoms with Gasteiger partial charge in [0.1, 0.15) is 5.44 Å². The Balaban J connectivity index is 4.45. The lowest BCUT2D eigenvalue weighted by Gasteiger charge is -2.20. The maximum atomic E-state index is 11.1. The summed E-state index contributed by atoms with van der Waals surface area (Å²) in [5.74, 6) is -1.52. The highest BCUT2D eigenvalue weighted by Crippen LogP contribution is 2.12. The summed E-state index contributed by atoms with van der Waals surface area (Å²) in [5.41, 5.74) is -2.69. The molecule has 0 saturated heterocycles. The minimum Gasteiger partial charge on any atom is -0.449 e. The minimum atomic E-state index is -2.05. The topological polar surface area (TPSA) is 63.6 Å². The summed E-state index contributed by atoms with van der Waals surface area (Å²) in [7, 11) is 0. The average molecular weight is 206 g/mol. The van der Waals surface area contributed by atoms with E-state index < -0.39 is 22.8 Å². The van der Waals surface area contributed by atoms with Gasteiger partial charge in [-0.05, 0) is 13.8 Å². The maximum Gasteiger partial charge on any atom is 0.346 e. The lowest BCUT2D eigenvalue weighted by molar-refractivity contribution is -0.169. The summed E-state index contributed by atoms with van der Waals surface area (Å²) in [4.78, 5) is 22.2. The van der Waals surface area contributed by atoms with Crippen molar-refractivity contribution in [3.05, 3.63) is 0 Å². The van der Waals surface area contributed by atoms with Gasteiger partial charge in [0.05, 0.1) is 0 Å². The molecule has 13 heavy (non-hydrogen) atoms. The first-order chi connectivity index (χ1) is 5.82. The van der Waals surface area contributed by atoms with Crippen molar-refractivity contribution < 1.29 is 19.4 Å².